The molecule has 0 aliphatic heterocycles. The predicted molar refractivity (Wildman–Crippen MR) is 83.9 cm³/mol. The molecule has 0 amide bonds. The number of hydrogen-bond donors (Lipinski definition) is 1. The van der Waals surface area contributed by atoms with E-state index in [0.717, 1.165) is 18.7 Å². The van der Waals surface area contributed by atoms with Gasteiger partial charge in [-0.2, -0.15) is 0 Å². The van der Waals surface area contributed by atoms with Crippen LogP contribution in [-0.4, -0.2) is 18.1 Å². The Kier molecular flexibility index (Phi) is 5.04. The molecular weight excluding hydrogens is 268 g/mol. The molecule has 2 rings (SSSR count). The molecule has 1 aliphatic rings. The van der Waals surface area contributed by atoms with Crippen molar-refractivity contribution in [2.24, 2.45) is 5.41 Å². The Labute approximate surface area is 125 Å². The lowest BCUT2D eigenvalue weighted by molar-refractivity contribution is -0.384. The van der Waals surface area contributed by atoms with E-state index >= 15 is 0 Å². The molecule has 21 heavy (non-hydrogen) atoms. The van der Waals surface area contributed by atoms with E-state index in [1.54, 1.807) is 6.07 Å². The summed E-state index contributed by atoms with van der Waals surface area (Å²) >= 11 is 0. The van der Waals surface area contributed by atoms with Crippen LogP contribution >= 0.6 is 0 Å². The molecule has 1 saturated carbocycles. The number of nitrogens with one attached hydrogen (secondary N) is 1. The number of rotatable bonds is 7. The van der Waals surface area contributed by atoms with Crippen molar-refractivity contribution in [2.75, 3.05) is 18.5 Å². The highest BCUT2D eigenvalue weighted by atomic mass is 16.6. The molecule has 0 unspecified atom stereocenters. The highest BCUT2D eigenvalue weighted by Gasteiger charge is 2.31. The molecule has 1 aromatic rings. The predicted octanol–water partition coefficient (Wildman–Crippen LogP) is 4.38. The summed E-state index contributed by atoms with van der Waals surface area (Å²) < 4.78 is 5.42. The van der Waals surface area contributed by atoms with Crippen LogP contribution in [-0.2, 0) is 0 Å². The minimum Gasteiger partial charge on any atom is -0.494 e. The van der Waals surface area contributed by atoms with Crippen LogP contribution in [0, 0.1) is 15.5 Å². The van der Waals surface area contributed by atoms with E-state index in [9.17, 15) is 10.1 Å². The second-order valence-corrected chi connectivity index (χ2v) is 5.82. The maximum atomic E-state index is 11.0. The summed E-state index contributed by atoms with van der Waals surface area (Å²) in [6.45, 7) is 5.47. The summed E-state index contributed by atoms with van der Waals surface area (Å²) in [5, 5.41) is 14.4. The summed E-state index contributed by atoms with van der Waals surface area (Å²) in [6.07, 6.45) is 6.20. The minimum absolute atomic E-state index is 0.0698. The second kappa shape index (κ2) is 6.78. The van der Waals surface area contributed by atoms with Crippen molar-refractivity contribution in [1.82, 2.24) is 0 Å². The van der Waals surface area contributed by atoms with Gasteiger partial charge in [-0.3, -0.25) is 10.1 Å². The van der Waals surface area contributed by atoms with Gasteiger partial charge in [0.25, 0.3) is 5.69 Å². The largest absolute Gasteiger partial charge is 0.494 e. The van der Waals surface area contributed by atoms with Gasteiger partial charge >= 0.3 is 0 Å². The van der Waals surface area contributed by atoms with Crippen molar-refractivity contribution in [1.29, 1.82) is 0 Å². The van der Waals surface area contributed by atoms with E-state index in [2.05, 4.69) is 12.2 Å². The van der Waals surface area contributed by atoms with Gasteiger partial charge in [-0.1, -0.05) is 19.8 Å². The quantitative estimate of drug-likeness (QED) is 0.598. The van der Waals surface area contributed by atoms with Crippen molar-refractivity contribution in [2.45, 2.75) is 46.0 Å². The maximum Gasteiger partial charge on any atom is 0.275 e. The minimum atomic E-state index is -0.376. The lowest BCUT2D eigenvalue weighted by Crippen LogP contribution is -2.25. The summed E-state index contributed by atoms with van der Waals surface area (Å²) in [7, 11) is 0. The van der Waals surface area contributed by atoms with Gasteiger partial charge in [-0.05, 0) is 31.6 Å². The lowest BCUT2D eigenvalue weighted by Gasteiger charge is -2.28. The first-order valence-electron chi connectivity index (χ1n) is 7.75. The third kappa shape index (κ3) is 3.86. The molecule has 0 radical (unpaired) electrons. The van der Waals surface area contributed by atoms with Crippen molar-refractivity contribution < 1.29 is 9.66 Å². The van der Waals surface area contributed by atoms with Gasteiger partial charge in [0.1, 0.15) is 5.75 Å². The Hall–Kier alpha value is -1.78. The molecule has 0 aromatic heterocycles. The molecule has 1 aromatic carbocycles. The summed E-state index contributed by atoms with van der Waals surface area (Å²) in [4.78, 5) is 10.6. The van der Waals surface area contributed by atoms with Crippen LogP contribution in [0.4, 0.5) is 11.4 Å². The number of nitrogens with zero attached hydrogens (tertiary/aromatic N) is 1. The highest BCUT2D eigenvalue weighted by Crippen LogP contribution is 2.41. The fourth-order valence-corrected chi connectivity index (χ4v) is 3.11. The average molecular weight is 292 g/mol. The smallest absolute Gasteiger partial charge is 0.275 e. The third-order valence-corrected chi connectivity index (χ3v) is 4.49. The molecule has 5 heteroatoms. The van der Waals surface area contributed by atoms with Crippen LogP contribution in [0.25, 0.3) is 0 Å². The number of non-ortho nitro benzene ring substituents is 1. The Balaban J connectivity index is 2.12. The van der Waals surface area contributed by atoms with Gasteiger partial charge in [-0.25, -0.2) is 0 Å². The average Bonchev–Trinajstić information content (AvgIpc) is 2.95. The standard InChI is InChI=1S/C16H24N2O3/c1-3-16(7-5-6-8-16)12-17-13-9-14(18(19)20)11-15(10-13)21-4-2/h9-11,17H,3-8,12H2,1-2H3. The number of anilines is 1. The first kappa shape index (κ1) is 15.6. The van der Waals surface area contributed by atoms with Crippen LogP contribution in [0.2, 0.25) is 0 Å². The van der Waals surface area contributed by atoms with Gasteiger partial charge in [0.15, 0.2) is 0 Å². The zero-order valence-electron chi connectivity index (χ0n) is 12.9. The van der Waals surface area contributed by atoms with E-state index in [1.165, 1.54) is 31.7 Å². The van der Waals surface area contributed by atoms with Crippen molar-refractivity contribution in [3.63, 3.8) is 0 Å². The molecule has 0 bridgehead atoms. The molecule has 0 spiro atoms. The SMILES string of the molecule is CCOc1cc(NCC2(CC)CCCC2)cc([N+](=O)[O-])c1. The molecule has 1 N–H and O–H groups in total. The van der Waals surface area contributed by atoms with Crippen LogP contribution in [0.15, 0.2) is 18.2 Å². The Morgan fingerprint density at radius 1 is 1.29 bits per heavy atom. The number of benzene rings is 1. The summed E-state index contributed by atoms with van der Waals surface area (Å²) in [5.74, 6) is 0.547. The molecule has 116 valence electrons. The fraction of sp³-hybridized carbons (Fsp3) is 0.625. The van der Waals surface area contributed by atoms with Gasteiger partial charge < -0.3 is 10.1 Å². The zero-order chi connectivity index (χ0) is 15.3. The topological polar surface area (TPSA) is 64.4 Å². The summed E-state index contributed by atoms with van der Waals surface area (Å²) in [5.41, 5.74) is 1.18. The number of nitro benzene ring substituents is 1. The van der Waals surface area contributed by atoms with Crippen molar-refractivity contribution in [3.05, 3.63) is 28.3 Å². The molecule has 0 heterocycles. The van der Waals surface area contributed by atoms with Gasteiger partial charge in [0, 0.05) is 24.4 Å². The van der Waals surface area contributed by atoms with E-state index in [0.29, 0.717) is 17.8 Å². The van der Waals surface area contributed by atoms with E-state index in [4.69, 9.17) is 4.74 Å². The Bertz CT molecular complexity index is 496. The van der Waals surface area contributed by atoms with Gasteiger partial charge in [-0.15, -0.1) is 0 Å². The molecule has 1 fully saturated rings. The Morgan fingerprint density at radius 3 is 2.57 bits per heavy atom. The Morgan fingerprint density at radius 2 is 2.00 bits per heavy atom. The van der Waals surface area contributed by atoms with Crippen LogP contribution < -0.4 is 10.1 Å². The molecule has 0 saturated heterocycles. The molecule has 5 nitrogen and oxygen atoms in total. The van der Waals surface area contributed by atoms with E-state index in [1.807, 2.05) is 13.0 Å². The zero-order valence-corrected chi connectivity index (χ0v) is 12.9. The van der Waals surface area contributed by atoms with Crippen molar-refractivity contribution >= 4 is 11.4 Å². The third-order valence-electron chi connectivity index (χ3n) is 4.49. The van der Waals surface area contributed by atoms with Gasteiger partial charge in [0.2, 0.25) is 0 Å². The number of ether oxygens (including phenoxy) is 1. The van der Waals surface area contributed by atoms with Crippen molar-refractivity contribution in [3.8, 4) is 5.75 Å². The number of hydrogen-bond acceptors (Lipinski definition) is 4. The monoisotopic (exact) mass is 292 g/mol. The molecule has 1 aliphatic carbocycles. The molecule has 0 atom stereocenters. The van der Waals surface area contributed by atoms with Crippen LogP contribution in [0.5, 0.6) is 5.75 Å². The second-order valence-electron chi connectivity index (χ2n) is 5.82. The van der Waals surface area contributed by atoms with Crippen LogP contribution in [0.1, 0.15) is 46.0 Å². The highest BCUT2D eigenvalue weighted by molar-refractivity contribution is 5.56. The van der Waals surface area contributed by atoms with E-state index < -0.39 is 0 Å². The maximum absolute atomic E-state index is 11.0. The first-order chi connectivity index (χ1) is 10.1. The normalized spacial score (nSPS) is 16.7. The summed E-state index contributed by atoms with van der Waals surface area (Å²) in [6, 6.07) is 4.90. The van der Waals surface area contributed by atoms with E-state index in [-0.39, 0.29) is 10.6 Å². The fourth-order valence-electron chi connectivity index (χ4n) is 3.11. The van der Waals surface area contributed by atoms with Gasteiger partial charge in [0.05, 0.1) is 17.6 Å². The first-order valence-corrected chi connectivity index (χ1v) is 7.75. The number of nitro groups is 1. The van der Waals surface area contributed by atoms with Crippen LogP contribution in [0.3, 0.4) is 0 Å². The molecular formula is C16H24N2O3. The lowest BCUT2D eigenvalue weighted by atomic mass is 9.83.